The normalized spacial score (nSPS) is 17.0. The second kappa shape index (κ2) is 9.30. The van der Waals surface area contributed by atoms with Gasteiger partial charge in [0.1, 0.15) is 0 Å². The van der Waals surface area contributed by atoms with Crippen LogP contribution in [0.25, 0.3) is 11.4 Å². The van der Waals surface area contributed by atoms with E-state index in [0.717, 1.165) is 31.5 Å². The average molecular weight is 393 g/mol. The molecule has 2 aromatic rings. The van der Waals surface area contributed by atoms with E-state index in [4.69, 9.17) is 20.9 Å². The Hall–Kier alpha value is -1.96. The molecule has 8 heteroatoms. The highest BCUT2D eigenvalue weighted by Crippen LogP contribution is 2.25. The standard InChI is InChI=1S/C19H25ClN4O3/c1-13(12-26-2)21-19(25)14-7-9-24(10-8-14)11-17-22-18(23-27-17)15-5-3-4-6-16(15)20/h3-6,13-14H,7-12H2,1-2H3,(H,21,25). The molecule has 1 aromatic heterocycles. The molecule has 27 heavy (non-hydrogen) atoms. The molecule has 0 saturated carbocycles. The third kappa shape index (κ3) is 5.28. The van der Waals surface area contributed by atoms with Crippen LogP contribution in [0.5, 0.6) is 0 Å². The Morgan fingerprint density at radius 3 is 2.85 bits per heavy atom. The van der Waals surface area contributed by atoms with Crippen molar-refractivity contribution in [1.29, 1.82) is 0 Å². The first kappa shape index (κ1) is 19.8. The van der Waals surface area contributed by atoms with Crippen LogP contribution in [0.15, 0.2) is 28.8 Å². The van der Waals surface area contributed by atoms with E-state index in [1.54, 1.807) is 13.2 Å². The summed E-state index contributed by atoms with van der Waals surface area (Å²) >= 11 is 6.18. The number of piperidine rings is 1. The summed E-state index contributed by atoms with van der Waals surface area (Å²) in [6.45, 7) is 4.69. The number of benzene rings is 1. The predicted octanol–water partition coefficient (Wildman–Crippen LogP) is 2.75. The number of likely N-dealkylation sites (tertiary alicyclic amines) is 1. The van der Waals surface area contributed by atoms with Gasteiger partial charge in [-0.2, -0.15) is 4.98 Å². The highest BCUT2D eigenvalue weighted by atomic mass is 35.5. The van der Waals surface area contributed by atoms with Gasteiger partial charge in [0, 0.05) is 24.6 Å². The summed E-state index contributed by atoms with van der Waals surface area (Å²) < 4.78 is 10.4. The van der Waals surface area contributed by atoms with Gasteiger partial charge in [-0.15, -0.1) is 0 Å². The zero-order valence-corrected chi connectivity index (χ0v) is 16.4. The number of rotatable bonds is 7. The van der Waals surface area contributed by atoms with Crippen molar-refractivity contribution in [2.75, 3.05) is 26.8 Å². The molecule has 1 N–H and O–H groups in total. The molecule has 1 amide bonds. The van der Waals surface area contributed by atoms with Crippen LogP contribution in [-0.2, 0) is 16.1 Å². The first-order valence-corrected chi connectivity index (χ1v) is 9.53. The van der Waals surface area contributed by atoms with Gasteiger partial charge in [-0.25, -0.2) is 0 Å². The second-order valence-corrected chi connectivity index (χ2v) is 7.31. The lowest BCUT2D eigenvalue weighted by atomic mass is 9.95. The van der Waals surface area contributed by atoms with Crippen molar-refractivity contribution >= 4 is 17.5 Å². The molecule has 7 nitrogen and oxygen atoms in total. The van der Waals surface area contributed by atoms with Crippen LogP contribution >= 0.6 is 11.6 Å². The summed E-state index contributed by atoms with van der Waals surface area (Å²) in [4.78, 5) is 19.0. The number of amides is 1. The summed E-state index contributed by atoms with van der Waals surface area (Å²) in [5.41, 5.74) is 0.759. The number of carbonyl (C=O) groups excluding carboxylic acids is 1. The molecule has 0 radical (unpaired) electrons. The van der Waals surface area contributed by atoms with Crippen LogP contribution in [0.4, 0.5) is 0 Å². The lowest BCUT2D eigenvalue weighted by molar-refractivity contribution is -0.127. The zero-order chi connectivity index (χ0) is 19.2. The van der Waals surface area contributed by atoms with Gasteiger partial charge in [-0.1, -0.05) is 28.9 Å². The Morgan fingerprint density at radius 2 is 2.15 bits per heavy atom. The molecule has 2 heterocycles. The molecule has 1 aliphatic rings. The summed E-state index contributed by atoms with van der Waals surface area (Å²) in [6.07, 6.45) is 1.63. The molecule has 1 unspecified atom stereocenters. The molecule has 0 bridgehead atoms. The Bertz CT molecular complexity index is 759. The van der Waals surface area contributed by atoms with Crippen molar-refractivity contribution in [2.24, 2.45) is 5.92 Å². The molecule has 0 aliphatic carbocycles. The van der Waals surface area contributed by atoms with Gasteiger partial charge in [-0.05, 0) is 45.0 Å². The van der Waals surface area contributed by atoms with E-state index >= 15 is 0 Å². The fraction of sp³-hybridized carbons (Fsp3) is 0.526. The van der Waals surface area contributed by atoms with Gasteiger partial charge >= 0.3 is 0 Å². The maximum atomic E-state index is 12.3. The van der Waals surface area contributed by atoms with Crippen molar-refractivity contribution in [2.45, 2.75) is 32.4 Å². The molecular weight excluding hydrogens is 368 g/mol. The second-order valence-electron chi connectivity index (χ2n) is 6.91. The number of aromatic nitrogens is 2. The molecule has 1 aliphatic heterocycles. The van der Waals surface area contributed by atoms with E-state index in [-0.39, 0.29) is 17.9 Å². The Morgan fingerprint density at radius 1 is 1.41 bits per heavy atom. The van der Waals surface area contributed by atoms with Crippen LogP contribution in [-0.4, -0.2) is 53.8 Å². The van der Waals surface area contributed by atoms with Gasteiger partial charge in [0.15, 0.2) is 0 Å². The zero-order valence-electron chi connectivity index (χ0n) is 15.7. The molecule has 1 fully saturated rings. The van der Waals surface area contributed by atoms with Crippen LogP contribution < -0.4 is 5.32 Å². The SMILES string of the molecule is COCC(C)NC(=O)C1CCN(Cc2nc(-c3ccccc3Cl)no2)CC1. The van der Waals surface area contributed by atoms with Crippen molar-refractivity contribution < 1.29 is 14.1 Å². The van der Waals surface area contributed by atoms with Crippen molar-refractivity contribution in [3.8, 4) is 11.4 Å². The van der Waals surface area contributed by atoms with E-state index in [2.05, 4.69) is 20.4 Å². The van der Waals surface area contributed by atoms with E-state index in [1.165, 1.54) is 0 Å². The minimum atomic E-state index is 0.0298. The molecule has 1 saturated heterocycles. The van der Waals surface area contributed by atoms with Crippen LogP contribution in [0.3, 0.4) is 0 Å². The van der Waals surface area contributed by atoms with Crippen LogP contribution in [0.1, 0.15) is 25.7 Å². The van der Waals surface area contributed by atoms with Gasteiger partial charge in [-0.3, -0.25) is 9.69 Å². The maximum absolute atomic E-state index is 12.3. The number of hydrogen-bond donors (Lipinski definition) is 1. The summed E-state index contributed by atoms with van der Waals surface area (Å²) in [5.74, 6) is 1.21. The topological polar surface area (TPSA) is 80.5 Å². The third-order valence-electron chi connectivity index (χ3n) is 4.71. The molecule has 1 aromatic carbocycles. The monoisotopic (exact) mass is 392 g/mol. The summed E-state index contributed by atoms with van der Waals surface area (Å²) in [7, 11) is 1.63. The van der Waals surface area contributed by atoms with Crippen molar-refractivity contribution in [3.63, 3.8) is 0 Å². The summed E-state index contributed by atoms with van der Waals surface area (Å²) in [6, 6.07) is 7.45. The van der Waals surface area contributed by atoms with Gasteiger partial charge < -0.3 is 14.6 Å². The molecule has 1 atom stereocenters. The lowest BCUT2D eigenvalue weighted by Gasteiger charge is -2.30. The minimum Gasteiger partial charge on any atom is -0.383 e. The number of ether oxygens (including phenoxy) is 1. The van der Waals surface area contributed by atoms with Gasteiger partial charge in [0.05, 0.1) is 18.2 Å². The van der Waals surface area contributed by atoms with Gasteiger partial charge in [0.2, 0.25) is 17.6 Å². The van der Waals surface area contributed by atoms with E-state index < -0.39 is 0 Å². The number of halogens is 1. The molecule has 146 valence electrons. The minimum absolute atomic E-state index is 0.0298. The number of nitrogens with zero attached hydrogens (tertiary/aromatic N) is 3. The van der Waals surface area contributed by atoms with Crippen LogP contribution in [0.2, 0.25) is 5.02 Å². The number of carbonyl (C=O) groups is 1. The first-order chi connectivity index (χ1) is 13.1. The molecule has 0 spiro atoms. The molecular formula is C19H25ClN4O3. The van der Waals surface area contributed by atoms with E-state index in [1.807, 2.05) is 25.1 Å². The molecule has 3 rings (SSSR count). The van der Waals surface area contributed by atoms with E-state index in [9.17, 15) is 4.79 Å². The highest BCUT2D eigenvalue weighted by molar-refractivity contribution is 6.33. The lowest BCUT2D eigenvalue weighted by Crippen LogP contribution is -2.44. The number of nitrogens with one attached hydrogen (secondary N) is 1. The predicted molar refractivity (Wildman–Crippen MR) is 102 cm³/mol. The number of hydrogen-bond acceptors (Lipinski definition) is 6. The quantitative estimate of drug-likeness (QED) is 0.780. The number of methoxy groups -OCH3 is 1. The third-order valence-corrected chi connectivity index (χ3v) is 5.03. The maximum Gasteiger partial charge on any atom is 0.241 e. The highest BCUT2D eigenvalue weighted by Gasteiger charge is 2.26. The largest absolute Gasteiger partial charge is 0.383 e. The Labute approximate surface area is 164 Å². The van der Waals surface area contributed by atoms with Crippen molar-refractivity contribution in [3.05, 3.63) is 35.2 Å². The first-order valence-electron chi connectivity index (χ1n) is 9.16. The van der Waals surface area contributed by atoms with Crippen molar-refractivity contribution in [1.82, 2.24) is 20.4 Å². The van der Waals surface area contributed by atoms with Gasteiger partial charge in [0.25, 0.3) is 0 Å². The van der Waals surface area contributed by atoms with E-state index in [0.29, 0.717) is 29.9 Å². The smallest absolute Gasteiger partial charge is 0.241 e. The Balaban J connectivity index is 1.50. The summed E-state index contributed by atoms with van der Waals surface area (Å²) in [5, 5.41) is 7.64. The fourth-order valence-corrected chi connectivity index (χ4v) is 3.49. The average Bonchev–Trinajstić information content (AvgIpc) is 3.11. The van der Waals surface area contributed by atoms with Crippen LogP contribution in [0, 0.1) is 5.92 Å². The Kier molecular flexibility index (Phi) is 6.82. The fourth-order valence-electron chi connectivity index (χ4n) is 3.27.